The van der Waals surface area contributed by atoms with Gasteiger partial charge < -0.3 is 9.80 Å². The van der Waals surface area contributed by atoms with Crippen molar-refractivity contribution in [3.8, 4) is 0 Å². The zero-order chi connectivity index (χ0) is 16.7. The molecule has 24 heavy (non-hydrogen) atoms. The molecule has 0 saturated carbocycles. The van der Waals surface area contributed by atoms with Crippen molar-refractivity contribution in [1.29, 1.82) is 0 Å². The van der Waals surface area contributed by atoms with Crippen molar-refractivity contribution >= 4 is 34.7 Å². The Morgan fingerprint density at radius 3 is 2.46 bits per heavy atom. The van der Waals surface area contributed by atoms with Gasteiger partial charge in [0, 0.05) is 37.1 Å². The van der Waals surface area contributed by atoms with E-state index in [2.05, 4.69) is 0 Å². The van der Waals surface area contributed by atoms with Crippen LogP contribution in [0, 0.1) is 0 Å². The maximum Gasteiger partial charge on any atom is 0.259 e. The van der Waals surface area contributed by atoms with Crippen LogP contribution in [-0.2, 0) is 9.59 Å². The van der Waals surface area contributed by atoms with E-state index in [1.165, 1.54) is 0 Å². The molecule has 6 heteroatoms. The summed E-state index contributed by atoms with van der Waals surface area (Å²) in [4.78, 5) is 41.0. The third-order valence-electron chi connectivity index (χ3n) is 4.76. The van der Waals surface area contributed by atoms with E-state index < -0.39 is 0 Å². The number of benzene rings is 2. The lowest BCUT2D eigenvalue weighted by Crippen LogP contribution is -2.51. The second-order valence-corrected chi connectivity index (χ2v) is 6.09. The van der Waals surface area contributed by atoms with Gasteiger partial charge in [0.25, 0.3) is 5.91 Å². The van der Waals surface area contributed by atoms with Gasteiger partial charge in [0.15, 0.2) is 0 Å². The van der Waals surface area contributed by atoms with Crippen LogP contribution in [0.2, 0.25) is 0 Å². The first-order valence-electron chi connectivity index (χ1n) is 8.00. The molecule has 1 fully saturated rings. The molecule has 0 bridgehead atoms. The van der Waals surface area contributed by atoms with Crippen molar-refractivity contribution < 1.29 is 14.4 Å². The minimum Gasteiger partial charge on any atom is -0.342 e. The number of hydrogen-bond acceptors (Lipinski definition) is 3. The number of anilines is 1. The summed E-state index contributed by atoms with van der Waals surface area (Å²) in [7, 11) is 0. The lowest BCUT2D eigenvalue weighted by Gasteiger charge is -2.33. The Bertz CT molecular complexity index is 835. The van der Waals surface area contributed by atoms with Gasteiger partial charge in [0.2, 0.25) is 12.3 Å². The minimum absolute atomic E-state index is 0.0354. The molecule has 0 radical (unpaired) electrons. The lowest BCUT2D eigenvalue weighted by molar-refractivity contribution is -0.133. The fourth-order valence-electron chi connectivity index (χ4n) is 3.45. The van der Waals surface area contributed by atoms with E-state index in [4.69, 9.17) is 0 Å². The van der Waals surface area contributed by atoms with Gasteiger partial charge in [-0.2, -0.15) is 0 Å². The first-order valence-corrected chi connectivity index (χ1v) is 8.00. The zero-order valence-electron chi connectivity index (χ0n) is 13.1. The van der Waals surface area contributed by atoms with Crippen molar-refractivity contribution in [2.45, 2.75) is 0 Å². The van der Waals surface area contributed by atoms with Gasteiger partial charge >= 0.3 is 0 Å². The van der Waals surface area contributed by atoms with Crippen molar-refractivity contribution in [2.75, 3.05) is 37.6 Å². The summed E-state index contributed by atoms with van der Waals surface area (Å²) in [5, 5.41) is 1.93. The van der Waals surface area contributed by atoms with Crippen LogP contribution in [-0.4, -0.2) is 60.7 Å². The zero-order valence-corrected chi connectivity index (χ0v) is 13.1. The number of amides is 3. The molecule has 0 atom stereocenters. The summed E-state index contributed by atoms with van der Waals surface area (Å²) >= 11 is 0. The smallest absolute Gasteiger partial charge is 0.259 e. The fourth-order valence-corrected chi connectivity index (χ4v) is 3.45. The van der Waals surface area contributed by atoms with Gasteiger partial charge in [0.05, 0.1) is 5.69 Å². The van der Waals surface area contributed by atoms with E-state index >= 15 is 0 Å². The Labute approximate surface area is 139 Å². The van der Waals surface area contributed by atoms with Crippen LogP contribution in [0.15, 0.2) is 36.4 Å². The second-order valence-electron chi connectivity index (χ2n) is 6.09. The Morgan fingerprint density at radius 2 is 1.75 bits per heavy atom. The van der Waals surface area contributed by atoms with Crippen molar-refractivity contribution in [1.82, 2.24) is 9.80 Å². The Morgan fingerprint density at radius 1 is 1.04 bits per heavy atom. The van der Waals surface area contributed by atoms with Crippen LogP contribution in [0.1, 0.15) is 10.4 Å². The number of carbonyl (C=O) groups is 3. The molecule has 2 aromatic rings. The summed E-state index contributed by atoms with van der Waals surface area (Å²) < 4.78 is 0. The molecule has 0 aromatic heterocycles. The maximum atomic E-state index is 12.7. The third kappa shape index (κ3) is 2.22. The van der Waals surface area contributed by atoms with Crippen molar-refractivity contribution in [3.63, 3.8) is 0 Å². The van der Waals surface area contributed by atoms with E-state index in [1.54, 1.807) is 14.7 Å². The van der Waals surface area contributed by atoms with Gasteiger partial charge in [-0.05, 0) is 17.5 Å². The molecule has 4 rings (SSSR count). The molecule has 0 aliphatic carbocycles. The summed E-state index contributed by atoms with van der Waals surface area (Å²) in [6.45, 7) is 2.14. The van der Waals surface area contributed by atoms with Crippen LogP contribution < -0.4 is 4.90 Å². The quantitative estimate of drug-likeness (QED) is 0.795. The second kappa shape index (κ2) is 5.63. The Hall–Kier alpha value is -2.89. The molecule has 1 saturated heterocycles. The number of rotatable bonds is 3. The number of nitrogens with zero attached hydrogens (tertiary/aromatic N) is 3. The van der Waals surface area contributed by atoms with Crippen molar-refractivity contribution in [3.05, 3.63) is 42.0 Å². The van der Waals surface area contributed by atoms with Gasteiger partial charge in [-0.1, -0.05) is 24.3 Å². The highest BCUT2D eigenvalue weighted by molar-refractivity contribution is 6.26. The highest BCUT2D eigenvalue weighted by Gasteiger charge is 2.32. The highest BCUT2D eigenvalue weighted by Crippen LogP contribution is 2.36. The molecule has 0 spiro atoms. The predicted molar refractivity (Wildman–Crippen MR) is 89.8 cm³/mol. The third-order valence-corrected chi connectivity index (χ3v) is 4.76. The van der Waals surface area contributed by atoms with Gasteiger partial charge in [-0.15, -0.1) is 0 Å². The molecular formula is C18H17N3O3. The molecule has 2 heterocycles. The van der Waals surface area contributed by atoms with E-state index in [1.807, 2.05) is 36.4 Å². The number of carbonyl (C=O) groups excluding carboxylic acids is 3. The van der Waals surface area contributed by atoms with Crippen molar-refractivity contribution in [2.24, 2.45) is 0 Å². The molecule has 6 nitrogen and oxygen atoms in total. The average molecular weight is 323 g/mol. The standard InChI is InChI=1S/C18H17N3O3/c22-12-19-7-9-20(10-8-19)16(23)11-21-15-6-2-4-13-3-1-5-14(17(13)15)18(21)24/h1-6,12H,7-11H2. The Kier molecular flexibility index (Phi) is 3.45. The van der Waals surface area contributed by atoms with E-state index in [9.17, 15) is 14.4 Å². The lowest BCUT2D eigenvalue weighted by atomic mass is 10.1. The molecule has 2 aliphatic rings. The highest BCUT2D eigenvalue weighted by atomic mass is 16.2. The van der Waals surface area contributed by atoms with Gasteiger partial charge in [-0.25, -0.2) is 0 Å². The molecule has 2 aliphatic heterocycles. The monoisotopic (exact) mass is 323 g/mol. The van der Waals surface area contributed by atoms with Gasteiger partial charge in [0.1, 0.15) is 6.54 Å². The van der Waals surface area contributed by atoms with E-state index in [0.29, 0.717) is 31.7 Å². The van der Waals surface area contributed by atoms with E-state index in [0.717, 1.165) is 22.9 Å². The minimum atomic E-state index is -0.123. The first kappa shape index (κ1) is 14.7. The van der Waals surface area contributed by atoms with Crippen LogP contribution in [0.25, 0.3) is 10.8 Å². The van der Waals surface area contributed by atoms with Crippen LogP contribution in [0.4, 0.5) is 5.69 Å². The van der Waals surface area contributed by atoms with Crippen LogP contribution in [0.5, 0.6) is 0 Å². The number of piperazine rings is 1. The molecule has 122 valence electrons. The molecular weight excluding hydrogens is 306 g/mol. The van der Waals surface area contributed by atoms with E-state index in [-0.39, 0.29) is 18.4 Å². The average Bonchev–Trinajstić information content (AvgIpc) is 2.90. The largest absolute Gasteiger partial charge is 0.342 e. The van der Waals surface area contributed by atoms with Crippen LogP contribution in [0.3, 0.4) is 0 Å². The fraction of sp³-hybridized carbons (Fsp3) is 0.278. The summed E-state index contributed by atoms with van der Waals surface area (Å²) in [5.41, 5.74) is 1.45. The molecule has 3 amide bonds. The molecule has 0 unspecified atom stereocenters. The molecule has 0 N–H and O–H groups in total. The van der Waals surface area contributed by atoms with Gasteiger partial charge in [-0.3, -0.25) is 19.3 Å². The summed E-state index contributed by atoms with van der Waals surface area (Å²) in [5.74, 6) is -0.208. The molecule has 2 aromatic carbocycles. The maximum absolute atomic E-state index is 12.7. The SMILES string of the molecule is O=CN1CCN(C(=O)CN2C(=O)c3cccc4cccc2c34)CC1. The number of hydrogen-bond donors (Lipinski definition) is 0. The first-order chi connectivity index (χ1) is 11.7. The topological polar surface area (TPSA) is 60.9 Å². The predicted octanol–water partition coefficient (Wildman–Crippen LogP) is 1.10. The summed E-state index contributed by atoms with van der Waals surface area (Å²) in [6.07, 6.45) is 0.809. The normalized spacial score (nSPS) is 16.8. The summed E-state index contributed by atoms with van der Waals surface area (Å²) in [6, 6.07) is 11.4. The Balaban J connectivity index is 1.56. The van der Waals surface area contributed by atoms with Crippen LogP contribution >= 0.6 is 0 Å².